The molecule has 0 radical (unpaired) electrons. The van der Waals surface area contributed by atoms with Gasteiger partial charge in [-0.15, -0.1) is 0 Å². The first-order valence-electron chi connectivity index (χ1n) is 7.60. The second-order valence-corrected chi connectivity index (χ2v) is 5.70. The van der Waals surface area contributed by atoms with Gasteiger partial charge in [0.05, 0.1) is 5.92 Å². The number of anilines is 1. The Balaban J connectivity index is 2.00. The number of amides is 1. The van der Waals surface area contributed by atoms with E-state index in [9.17, 15) is 13.6 Å². The minimum Gasteiger partial charge on any atom is -0.486 e. The average molecular weight is 334 g/mol. The van der Waals surface area contributed by atoms with Gasteiger partial charge in [-0.3, -0.25) is 4.79 Å². The summed E-state index contributed by atoms with van der Waals surface area (Å²) >= 11 is 0. The third kappa shape index (κ3) is 4.76. The molecule has 2 aromatic rings. The van der Waals surface area contributed by atoms with E-state index in [1.807, 2.05) is 0 Å². The zero-order chi connectivity index (χ0) is 17.7. The van der Waals surface area contributed by atoms with Crippen molar-refractivity contribution in [3.8, 4) is 5.75 Å². The predicted octanol–water partition coefficient (Wildman–Crippen LogP) is 3.47. The smallest absolute Gasteiger partial charge is 0.228 e. The molecule has 0 heterocycles. The van der Waals surface area contributed by atoms with Crippen LogP contribution in [0.1, 0.15) is 19.4 Å². The summed E-state index contributed by atoms with van der Waals surface area (Å²) in [5, 5.41) is 2.61. The molecule has 4 nitrogen and oxygen atoms in total. The highest BCUT2D eigenvalue weighted by Gasteiger charge is 2.17. The van der Waals surface area contributed by atoms with Crippen molar-refractivity contribution in [1.82, 2.24) is 0 Å². The fraction of sp³-hybridized carbons (Fsp3) is 0.278. The van der Waals surface area contributed by atoms with E-state index in [0.717, 1.165) is 0 Å². The van der Waals surface area contributed by atoms with E-state index in [0.29, 0.717) is 11.3 Å². The van der Waals surface area contributed by atoms with Crippen molar-refractivity contribution in [3.05, 3.63) is 59.7 Å². The molecule has 6 heteroatoms. The van der Waals surface area contributed by atoms with E-state index in [1.54, 1.807) is 26.0 Å². The Labute approximate surface area is 139 Å². The summed E-state index contributed by atoms with van der Waals surface area (Å²) in [6.07, 6.45) is 0. The summed E-state index contributed by atoms with van der Waals surface area (Å²) in [6, 6.07) is 9.72. The van der Waals surface area contributed by atoms with E-state index in [2.05, 4.69) is 5.32 Å². The molecule has 0 spiro atoms. The van der Waals surface area contributed by atoms with Crippen molar-refractivity contribution in [2.45, 2.75) is 26.5 Å². The zero-order valence-electron chi connectivity index (χ0n) is 13.6. The van der Waals surface area contributed by atoms with Crippen molar-refractivity contribution in [2.24, 2.45) is 11.7 Å². The largest absolute Gasteiger partial charge is 0.486 e. The fourth-order valence-corrected chi connectivity index (χ4v) is 1.98. The van der Waals surface area contributed by atoms with E-state index >= 15 is 0 Å². The first kappa shape index (κ1) is 17.9. The Morgan fingerprint density at radius 1 is 1.21 bits per heavy atom. The number of halogens is 2. The van der Waals surface area contributed by atoms with Crippen LogP contribution in [0.3, 0.4) is 0 Å². The molecule has 24 heavy (non-hydrogen) atoms. The van der Waals surface area contributed by atoms with Crippen LogP contribution in [0.4, 0.5) is 14.5 Å². The van der Waals surface area contributed by atoms with Crippen LogP contribution in [-0.2, 0) is 11.4 Å². The number of nitrogens with two attached hydrogens (primary N) is 1. The van der Waals surface area contributed by atoms with Crippen molar-refractivity contribution in [1.29, 1.82) is 0 Å². The van der Waals surface area contributed by atoms with Crippen molar-refractivity contribution >= 4 is 11.6 Å². The van der Waals surface area contributed by atoms with Gasteiger partial charge in [0.1, 0.15) is 12.4 Å². The van der Waals surface area contributed by atoms with Crippen LogP contribution in [0.15, 0.2) is 42.5 Å². The molecule has 0 saturated carbocycles. The second kappa shape index (κ2) is 7.88. The van der Waals surface area contributed by atoms with Gasteiger partial charge in [0.25, 0.3) is 0 Å². The second-order valence-electron chi connectivity index (χ2n) is 5.70. The molecule has 0 aliphatic rings. The average Bonchev–Trinajstić information content (AvgIpc) is 2.53. The summed E-state index contributed by atoms with van der Waals surface area (Å²) in [7, 11) is 0. The van der Waals surface area contributed by atoms with Crippen LogP contribution in [0.5, 0.6) is 5.75 Å². The third-order valence-electron chi connectivity index (χ3n) is 3.69. The first-order valence-corrected chi connectivity index (χ1v) is 7.60. The molecule has 3 N–H and O–H groups in total. The molecule has 0 aliphatic heterocycles. The minimum atomic E-state index is -0.613. The summed E-state index contributed by atoms with van der Waals surface area (Å²) in [4.78, 5) is 11.9. The normalized spacial score (nSPS) is 13.2. The van der Waals surface area contributed by atoms with Gasteiger partial charge in [0.15, 0.2) is 11.6 Å². The lowest BCUT2D eigenvalue weighted by molar-refractivity contribution is -0.119. The lowest BCUT2D eigenvalue weighted by atomic mass is 10.0. The van der Waals surface area contributed by atoms with Crippen LogP contribution in [-0.4, -0.2) is 11.9 Å². The summed E-state index contributed by atoms with van der Waals surface area (Å²) in [5.74, 6) is -1.64. The fourth-order valence-electron chi connectivity index (χ4n) is 1.98. The highest BCUT2D eigenvalue weighted by Crippen LogP contribution is 2.23. The monoisotopic (exact) mass is 334 g/mol. The molecule has 2 atom stereocenters. The Morgan fingerprint density at radius 3 is 2.58 bits per heavy atom. The molecule has 2 unspecified atom stereocenters. The summed E-state index contributed by atoms with van der Waals surface area (Å²) in [6.45, 7) is 3.48. The van der Waals surface area contributed by atoms with Crippen LogP contribution < -0.4 is 15.8 Å². The van der Waals surface area contributed by atoms with Crippen LogP contribution in [0, 0.1) is 17.6 Å². The zero-order valence-corrected chi connectivity index (χ0v) is 13.6. The van der Waals surface area contributed by atoms with Gasteiger partial charge < -0.3 is 15.8 Å². The topological polar surface area (TPSA) is 64.4 Å². The molecule has 0 aromatic heterocycles. The molecule has 128 valence electrons. The standard InChI is InChI=1S/C18H20F2N2O2/c1-11(12(2)21)18(23)22-15-6-7-17(16(20)9-15)24-10-13-4-3-5-14(19)8-13/h3-9,11-12H,10,21H2,1-2H3,(H,22,23). The van der Waals surface area contributed by atoms with Gasteiger partial charge in [0, 0.05) is 17.8 Å². The van der Waals surface area contributed by atoms with Gasteiger partial charge in [-0.25, -0.2) is 8.78 Å². The van der Waals surface area contributed by atoms with Crippen molar-refractivity contribution in [3.63, 3.8) is 0 Å². The maximum absolute atomic E-state index is 14.1. The highest BCUT2D eigenvalue weighted by molar-refractivity contribution is 5.92. The molecule has 2 rings (SSSR count). The molecular formula is C18H20F2N2O2. The van der Waals surface area contributed by atoms with Gasteiger partial charge >= 0.3 is 0 Å². The minimum absolute atomic E-state index is 0.0255. The van der Waals surface area contributed by atoms with Gasteiger partial charge in [-0.2, -0.15) is 0 Å². The quantitative estimate of drug-likeness (QED) is 0.850. The Hall–Kier alpha value is -2.47. The Bertz CT molecular complexity index is 720. The van der Waals surface area contributed by atoms with E-state index in [1.165, 1.54) is 30.3 Å². The Morgan fingerprint density at radius 2 is 1.96 bits per heavy atom. The SMILES string of the molecule is CC(N)C(C)C(=O)Nc1ccc(OCc2cccc(F)c2)c(F)c1. The molecule has 0 fully saturated rings. The van der Waals surface area contributed by atoms with Crippen molar-refractivity contribution in [2.75, 3.05) is 5.32 Å². The maximum Gasteiger partial charge on any atom is 0.228 e. The highest BCUT2D eigenvalue weighted by atomic mass is 19.1. The molecule has 0 aliphatic carbocycles. The van der Waals surface area contributed by atoms with E-state index < -0.39 is 11.7 Å². The van der Waals surface area contributed by atoms with E-state index in [-0.39, 0.29) is 30.1 Å². The summed E-state index contributed by atoms with van der Waals surface area (Å²) in [5.41, 5.74) is 6.59. The molecule has 1 amide bonds. The molecule has 0 saturated heterocycles. The Kier molecular flexibility index (Phi) is 5.87. The maximum atomic E-state index is 14.1. The molecular weight excluding hydrogens is 314 g/mol. The van der Waals surface area contributed by atoms with Crippen LogP contribution in [0.25, 0.3) is 0 Å². The van der Waals surface area contributed by atoms with Crippen molar-refractivity contribution < 1.29 is 18.3 Å². The number of carbonyl (C=O) groups excluding carboxylic acids is 1. The number of ether oxygens (including phenoxy) is 1. The van der Waals surface area contributed by atoms with Gasteiger partial charge in [-0.05, 0) is 36.8 Å². The third-order valence-corrected chi connectivity index (χ3v) is 3.69. The number of hydrogen-bond donors (Lipinski definition) is 2. The van der Waals surface area contributed by atoms with Gasteiger partial charge in [-0.1, -0.05) is 19.1 Å². The number of nitrogens with one attached hydrogen (secondary N) is 1. The number of rotatable bonds is 6. The number of benzene rings is 2. The van der Waals surface area contributed by atoms with Crippen LogP contribution >= 0.6 is 0 Å². The first-order chi connectivity index (χ1) is 11.4. The van der Waals surface area contributed by atoms with Crippen LogP contribution in [0.2, 0.25) is 0 Å². The molecule has 2 aromatic carbocycles. The van der Waals surface area contributed by atoms with E-state index in [4.69, 9.17) is 10.5 Å². The molecule has 0 bridgehead atoms. The lowest BCUT2D eigenvalue weighted by Gasteiger charge is -2.16. The lowest BCUT2D eigenvalue weighted by Crippen LogP contribution is -2.34. The number of hydrogen-bond acceptors (Lipinski definition) is 3. The van der Waals surface area contributed by atoms with Gasteiger partial charge in [0.2, 0.25) is 5.91 Å². The predicted molar refractivity (Wildman–Crippen MR) is 88.6 cm³/mol. The summed E-state index contributed by atoms with van der Waals surface area (Å²) < 4.78 is 32.5. The number of carbonyl (C=O) groups is 1.